The fraction of sp³-hybridized carbons (Fsp3) is 0.300. The van der Waals surface area contributed by atoms with Crippen LogP contribution in [0, 0.1) is 6.92 Å². The lowest BCUT2D eigenvalue weighted by Crippen LogP contribution is -2.34. The minimum Gasteiger partial charge on any atom is -0.342 e. The second-order valence-corrected chi connectivity index (χ2v) is 9.01. The van der Waals surface area contributed by atoms with Crippen molar-refractivity contribution >= 4 is 21.7 Å². The van der Waals surface area contributed by atoms with Gasteiger partial charge in [0.05, 0.1) is 18.1 Å². The zero-order valence-electron chi connectivity index (χ0n) is 16.1. The molecule has 0 radical (unpaired) electrons. The Kier molecular flexibility index (Phi) is 5.90. The molecule has 3 aromatic rings. The summed E-state index contributed by atoms with van der Waals surface area (Å²) in [5, 5.41) is 4.70. The first kappa shape index (κ1) is 21.0. The van der Waals surface area contributed by atoms with E-state index in [2.05, 4.69) is 10.1 Å². The highest BCUT2D eigenvalue weighted by molar-refractivity contribution is 7.86. The van der Waals surface area contributed by atoms with E-state index in [1.54, 1.807) is 47.4 Å². The molecule has 2 atom stereocenters. The predicted molar refractivity (Wildman–Crippen MR) is 108 cm³/mol. The monoisotopic (exact) mass is 449 g/mol. The quantitative estimate of drug-likeness (QED) is 0.512. The van der Waals surface area contributed by atoms with Crippen LogP contribution in [-0.4, -0.2) is 42.5 Å². The molecule has 10 heteroatoms. The summed E-state index contributed by atoms with van der Waals surface area (Å²) in [5.41, 5.74) is 1.69. The van der Waals surface area contributed by atoms with E-state index in [0.717, 1.165) is 11.1 Å². The van der Waals surface area contributed by atoms with Crippen molar-refractivity contribution in [3.05, 3.63) is 77.3 Å². The van der Waals surface area contributed by atoms with Crippen LogP contribution in [0.15, 0.2) is 66.1 Å². The molecule has 0 bridgehead atoms. The predicted octanol–water partition coefficient (Wildman–Crippen LogP) is 2.91. The van der Waals surface area contributed by atoms with Gasteiger partial charge in [-0.15, -0.1) is 0 Å². The molecule has 2 heterocycles. The van der Waals surface area contributed by atoms with E-state index in [0.29, 0.717) is 5.02 Å². The maximum atomic E-state index is 12.5. The summed E-state index contributed by atoms with van der Waals surface area (Å²) in [4.78, 5) is 4.04. The van der Waals surface area contributed by atoms with Gasteiger partial charge in [-0.1, -0.05) is 41.4 Å². The smallest absolute Gasteiger partial charge is 0.297 e. The molecular formula is C20H20ClN3O5S. The van der Waals surface area contributed by atoms with Crippen molar-refractivity contribution in [3.8, 4) is 0 Å². The largest absolute Gasteiger partial charge is 0.342 e. The molecule has 30 heavy (non-hydrogen) atoms. The van der Waals surface area contributed by atoms with E-state index < -0.39 is 22.0 Å². The van der Waals surface area contributed by atoms with Crippen LogP contribution in [0.2, 0.25) is 5.02 Å². The molecule has 0 saturated carbocycles. The molecule has 0 aliphatic carbocycles. The van der Waals surface area contributed by atoms with Gasteiger partial charge in [-0.2, -0.15) is 13.5 Å². The number of hydrogen-bond donors (Lipinski definition) is 0. The van der Waals surface area contributed by atoms with Crippen LogP contribution in [0.5, 0.6) is 0 Å². The number of benzene rings is 2. The standard InChI is InChI=1S/C20H20ClN3O5S/c1-15-2-8-19(9-3-15)30(25,26)28-11-18-10-27-20(29-18,12-24-14-22-13-23-24)16-4-6-17(21)7-5-16/h2-9,13-14,18H,10-12H2,1H3. The van der Waals surface area contributed by atoms with Crippen molar-refractivity contribution in [2.45, 2.75) is 30.3 Å². The number of aryl methyl sites for hydroxylation is 1. The number of halogens is 1. The van der Waals surface area contributed by atoms with Gasteiger partial charge in [0.1, 0.15) is 25.3 Å². The van der Waals surface area contributed by atoms with Crippen molar-refractivity contribution in [2.75, 3.05) is 13.2 Å². The Bertz CT molecular complexity index is 1090. The van der Waals surface area contributed by atoms with Gasteiger partial charge in [0.25, 0.3) is 10.1 Å². The fourth-order valence-electron chi connectivity index (χ4n) is 3.14. The molecule has 1 aliphatic heterocycles. The van der Waals surface area contributed by atoms with E-state index in [9.17, 15) is 8.42 Å². The first-order chi connectivity index (χ1) is 14.4. The van der Waals surface area contributed by atoms with Gasteiger partial charge in [0.2, 0.25) is 5.79 Å². The third-order valence-corrected chi connectivity index (χ3v) is 6.25. The minimum absolute atomic E-state index is 0.0959. The van der Waals surface area contributed by atoms with Crippen molar-refractivity contribution in [3.63, 3.8) is 0 Å². The summed E-state index contributed by atoms with van der Waals surface area (Å²) in [6, 6.07) is 13.5. The topological polar surface area (TPSA) is 92.5 Å². The Balaban J connectivity index is 1.50. The summed E-state index contributed by atoms with van der Waals surface area (Å²) >= 11 is 6.01. The van der Waals surface area contributed by atoms with Crippen LogP contribution in [0.4, 0.5) is 0 Å². The molecule has 1 aromatic heterocycles. The number of aromatic nitrogens is 3. The lowest BCUT2D eigenvalue weighted by atomic mass is 10.1. The van der Waals surface area contributed by atoms with Crippen LogP contribution in [0.25, 0.3) is 0 Å². The fourth-order valence-corrected chi connectivity index (χ4v) is 4.20. The van der Waals surface area contributed by atoms with Crippen molar-refractivity contribution in [1.29, 1.82) is 0 Å². The third kappa shape index (κ3) is 4.55. The summed E-state index contributed by atoms with van der Waals surface area (Å²) in [6.45, 7) is 2.09. The van der Waals surface area contributed by atoms with Gasteiger partial charge in [-0.3, -0.25) is 4.18 Å². The average Bonchev–Trinajstić information content (AvgIpc) is 3.38. The summed E-state index contributed by atoms with van der Waals surface area (Å²) < 4.78 is 43.9. The summed E-state index contributed by atoms with van der Waals surface area (Å²) in [5.74, 6) is -1.17. The number of hydrogen-bond acceptors (Lipinski definition) is 7. The summed E-state index contributed by atoms with van der Waals surface area (Å²) in [7, 11) is -3.90. The second-order valence-electron chi connectivity index (χ2n) is 6.96. The van der Waals surface area contributed by atoms with E-state index in [1.165, 1.54) is 18.5 Å². The number of rotatable bonds is 7. The van der Waals surface area contributed by atoms with E-state index in [1.807, 2.05) is 6.92 Å². The van der Waals surface area contributed by atoms with Crippen molar-refractivity contribution in [2.24, 2.45) is 0 Å². The number of nitrogens with zero attached hydrogens (tertiary/aromatic N) is 3. The molecule has 4 rings (SSSR count). The molecule has 1 aliphatic rings. The Morgan fingerprint density at radius 2 is 1.93 bits per heavy atom. The Morgan fingerprint density at radius 3 is 2.60 bits per heavy atom. The van der Waals surface area contributed by atoms with Crippen LogP contribution in [0.3, 0.4) is 0 Å². The second kappa shape index (κ2) is 8.44. The lowest BCUT2D eigenvalue weighted by Gasteiger charge is -2.28. The molecule has 8 nitrogen and oxygen atoms in total. The molecule has 0 spiro atoms. The maximum absolute atomic E-state index is 12.5. The van der Waals surface area contributed by atoms with Crippen LogP contribution in [0.1, 0.15) is 11.1 Å². The molecular weight excluding hydrogens is 430 g/mol. The first-order valence-electron chi connectivity index (χ1n) is 9.23. The highest BCUT2D eigenvalue weighted by atomic mass is 35.5. The normalized spacial score (nSPS) is 21.7. The van der Waals surface area contributed by atoms with Gasteiger partial charge in [0, 0.05) is 10.6 Å². The van der Waals surface area contributed by atoms with E-state index in [-0.39, 0.29) is 24.7 Å². The zero-order valence-corrected chi connectivity index (χ0v) is 17.7. The summed E-state index contributed by atoms with van der Waals surface area (Å²) in [6.07, 6.45) is 2.37. The van der Waals surface area contributed by atoms with Gasteiger partial charge >= 0.3 is 0 Å². The molecule has 2 aromatic carbocycles. The Labute approximate surface area is 179 Å². The SMILES string of the molecule is Cc1ccc(S(=O)(=O)OCC2COC(Cn3cncn3)(c3ccc(Cl)cc3)O2)cc1. The average molecular weight is 450 g/mol. The zero-order chi connectivity index (χ0) is 21.2. The Morgan fingerprint density at radius 1 is 1.20 bits per heavy atom. The molecule has 2 unspecified atom stereocenters. The first-order valence-corrected chi connectivity index (χ1v) is 11.0. The molecule has 0 amide bonds. The number of ether oxygens (including phenoxy) is 2. The minimum atomic E-state index is -3.90. The highest BCUT2D eigenvalue weighted by Gasteiger charge is 2.44. The van der Waals surface area contributed by atoms with E-state index in [4.69, 9.17) is 25.3 Å². The Hall–Kier alpha value is -2.30. The van der Waals surface area contributed by atoms with Gasteiger partial charge in [-0.05, 0) is 31.2 Å². The van der Waals surface area contributed by atoms with Crippen LogP contribution < -0.4 is 0 Å². The van der Waals surface area contributed by atoms with E-state index >= 15 is 0 Å². The maximum Gasteiger partial charge on any atom is 0.297 e. The molecule has 158 valence electrons. The van der Waals surface area contributed by atoms with Gasteiger partial charge < -0.3 is 9.47 Å². The highest BCUT2D eigenvalue weighted by Crippen LogP contribution is 2.36. The molecule has 0 N–H and O–H groups in total. The third-order valence-electron chi connectivity index (χ3n) is 4.70. The molecule has 1 saturated heterocycles. The van der Waals surface area contributed by atoms with Gasteiger partial charge in [0.15, 0.2) is 0 Å². The molecule has 1 fully saturated rings. The van der Waals surface area contributed by atoms with Crippen molar-refractivity contribution < 1.29 is 22.1 Å². The van der Waals surface area contributed by atoms with Crippen LogP contribution in [-0.2, 0) is 36.1 Å². The lowest BCUT2D eigenvalue weighted by molar-refractivity contribution is -0.190. The van der Waals surface area contributed by atoms with Crippen LogP contribution >= 0.6 is 11.6 Å². The van der Waals surface area contributed by atoms with Crippen molar-refractivity contribution in [1.82, 2.24) is 14.8 Å². The van der Waals surface area contributed by atoms with Gasteiger partial charge in [-0.25, -0.2) is 9.67 Å².